The second-order valence-corrected chi connectivity index (χ2v) is 0.289. The zero-order chi connectivity index (χ0) is 2.71. The van der Waals surface area contributed by atoms with E-state index in [0.29, 0.717) is 0 Å². The van der Waals surface area contributed by atoms with Gasteiger partial charge in [0.25, 0.3) is 0 Å². The van der Waals surface area contributed by atoms with Crippen LogP contribution in [-0.4, -0.2) is 11.0 Å². The maximum Gasteiger partial charge on any atom is 1.00 e. The van der Waals surface area contributed by atoms with Gasteiger partial charge < -0.3 is 11.0 Å². The van der Waals surface area contributed by atoms with Crippen molar-refractivity contribution in [2.75, 3.05) is 0 Å². The van der Waals surface area contributed by atoms with Crippen LogP contribution in [0.25, 0.3) is 0 Å². The molecule has 0 aromatic rings. The molecule has 0 aromatic carbocycles. The molecule has 0 heterocycles. The van der Waals surface area contributed by atoms with Gasteiger partial charge in [0.1, 0.15) is 0 Å². The van der Waals surface area contributed by atoms with Gasteiger partial charge in [0, 0.05) is 0 Å². The maximum atomic E-state index is 3.25. The summed E-state index contributed by atoms with van der Waals surface area (Å²) in [5, 5.41) is 0. The van der Waals surface area contributed by atoms with Gasteiger partial charge in [-0.2, -0.15) is 0 Å². The minimum atomic E-state index is 0. The Morgan fingerprint density at radius 2 is 1.33 bits per heavy atom. The third kappa shape index (κ3) is 2490. The van der Waals surface area contributed by atoms with Crippen molar-refractivity contribution in [2.24, 2.45) is 0 Å². The van der Waals surface area contributed by atoms with Crippen LogP contribution in [-0.2, 0) is 0 Å². The fourth-order valence-electron chi connectivity index (χ4n) is 0. The summed E-state index contributed by atoms with van der Waals surface area (Å²) >= 11 is 0. The molecule has 6 heavy (non-hydrogen) atoms. The third-order valence-corrected chi connectivity index (χ3v) is 0. The van der Waals surface area contributed by atoms with Gasteiger partial charge >= 0.3 is 18.9 Å². The molecule has 0 atom stereocenters. The first-order chi connectivity index (χ1) is 1.41. The summed E-state index contributed by atoms with van der Waals surface area (Å²) in [6.45, 7) is 6.50. The SMILES string of the molecule is C=C[CH2-].O.O.[Li+]. The van der Waals surface area contributed by atoms with Crippen molar-refractivity contribution in [1.82, 2.24) is 0 Å². The van der Waals surface area contributed by atoms with Crippen LogP contribution in [0.1, 0.15) is 0 Å². The third-order valence-electron chi connectivity index (χ3n) is 0. The molecule has 3 heteroatoms. The first kappa shape index (κ1) is 35.6. The molecule has 0 saturated carbocycles. The molecule has 0 bridgehead atoms. The molecule has 0 unspecified atom stereocenters. The fraction of sp³-hybridized carbons (Fsp3) is 0. The molecular formula is C3H9LiO2. The van der Waals surface area contributed by atoms with Gasteiger partial charge in [0.2, 0.25) is 0 Å². The van der Waals surface area contributed by atoms with Crippen molar-refractivity contribution in [3.63, 3.8) is 0 Å². The molecule has 0 aliphatic carbocycles. The van der Waals surface area contributed by atoms with Crippen LogP contribution in [0.4, 0.5) is 0 Å². The first-order valence-electron chi connectivity index (χ1n) is 0.816. The van der Waals surface area contributed by atoms with Crippen molar-refractivity contribution < 1.29 is 29.8 Å². The van der Waals surface area contributed by atoms with Crippen molar-refractivity contribution in [1.29, 1.82) is 0 Å². The summed E-state index contributed by atoms with van der Waals surface area (Å²) in [5.41, 5.74) is 0. The summed E-state index contributed by atoms with van der Waals surface area (Å²) in [6, 6.07) is 0. The molecule has 0 fully saturated rings. The zero-order valence-corrected chi connectivity index (χ0v) is 3.99. The number of hydrogen-bond donors (Lipinski definition) is 0. The number of rotatable bonds is 0. The van der Waals surface area contributed by atoms with E-state index in [0.717, 1.165) is 0 Å². The molecule has 0 rings (SSSR count). The summed E-state index contributed by atoms with van der Waals surface area (Å²) in [6.07, 6.45) is 1.50. The average Bonchev–Trinajstić information content (AvgIpc) is 0.918. The van der Waals surface area contributed by atoms with Gasteiger partial charge in [-0.3, -0.25) is 0 Å². The molecule has 34 valence electrons. The van der Waals surface area contributed by atoms with Crippen LogP contribution >= 0.6 is 0 Å². The van der Waals surface area contributed by atoms with Gasteiger partial charge in [-0.1, -0.05) is 0 Å². The Balaban J connectivity index is -0.00000000667. The summed E-state index contributed by atoms with van der Waals surface area (Å²) in [5.74, 6) is 0. The van der Waals surface area contributed by atoms with Crippen molar-refractivity contribution in [3.8, 4) is 0 Å². The maximum absolute atomic E-state index is 3.25. The van der Waals surface area contributed by atoms with Gasteiger partial charge in [-0.25, -0.2) is 19.6 Å². The van der Waals surface area contributed by atoms with Gasteiger partial charge in [-0.05, 0) is 0 Å². The Labute approximate surface area is 50.0 Å². The summed E-state index contributed by atoms with van der Waals surface area (Å²) in [7, 11) is 0. The van der Waals surface area contributed by atoms with Crippen LogP contribution in [0.2, 0.25) is 0 Å². The smallest absolute Gasteiger partial charge is 0.412 e. The molecule has 0 radical (unpaired) electrons. The second-order valence-electron chi connectivity index (χ2n) is 0.289. The molecule has 0 aromatic heterocycles. The largest absolute Gasteiger partial charge is 1.00 e. The Kier molecular flexibility index (Phi) is 408. The number of hydrogen-bond acceptors (Lipinski definition) is 0. The van der Waals surface area contributed by atoms with E-state index in [1.807, 2.05) is 0 Å². The predicted molar refractivity (Wildman–Crippen MR) is 22.8 cm³/mol. The van der Waals surface area contributed by atoms with Crippen LogP contribution < -0.4 is 18.9 Å². The molecule has 4 N–H and O–H groups in total. The number of allylic oxidation sites excluding steroid dienone is 1. The van der Waals surface area contributed by atoms with Gasteiger partial charge in [-0.15, -0.1) is 0 Å². The van der Waals surface area contributed by atoms with Crippen LogP contribution in [0, 0.1) is 6.92 Å². The second kappa shape index (κ2) is 68.7. The van der Waals surface area contributed by atoms with E-state index in [-0.39, 0.29) is 29.8 Å². The van der Waals surface area contributed by atoms with Gasteiger partial charge in [0.15, 0.2) is 0 Å². The fourth-order valence-corrected chi connectivity index (χ4v) is 0. The molecule has 0 spiro atoms. The molecule has 0 amide bonds. The molecule has 0 saturated heterocycles. The Morgan fingerprint density at radius 3 is 1.33 bits per heavy atom. The Hall–Kier alpha value is 0.127. The van der Waals surface area contributed by atoms with E-state index in [2.05, 4.69) is 13.5 Å². The molecule has 2 nitrogen and oxygen atoms in total. The van der Waals surface area contributed by atoms with Crippen molar-refractivity contribution in [2.45, 2.75) is 0 Å². The molecule has 0 aliphatic heterocycles. The normalized spacial score (nSPS) is 2.00. The van der Waals surface area contributed by atoms with E-state index < -0.39 is 0 Å². The van der Waals surface area contributed by atoms with Crippen LogP contribution in [0.5, 0.6) is 0 Å². The Bertz CT molecular complexity index is 16.3. The quantitative estimate of drug-likeness (QED) is 0.215. The standard InChI is InChI=1S/C3H5.Li.2H2O/c1-3-2;;;/h3H,1-2H2;;2*1H2/q-1;+1;;. The predicted octanol–water partition coefficient (Wildman–Crippen LogP) is -3.64. The van der Waals surface area contributed by atoms with E-state index in [4.69, 9.17) is 0 Å². The Morgan fingerprint density at radius 1 is 1.33 bits per heavy atom. The first-order valence-corrected chi connectivity index (χ1v) is 0.816. The zero-order valence-electron chi connectivity index (χ0n) is 3.99. The van der Waals surface area contributed by atoms with Gasteiger partial charge in [0.05, 0.1) is 0 Å². The van der Waals surface area contributed by atoms with E-state index >= 15 is 0 Å². The van der Waals surface area contributed by atoms with Crippen LogP contribution in [0.15, 0.2) is 12.7 Å². The van der Waals surface area contributed by atoms with Crippen molar-refractivity contribution in [3.05, 3.63) is 19.6 Å². The summed E-state index contributed by atoms with van der Waals surface area (Å²) < 4.78 is 0. The molecule has 0 aliphatic rings. The minimum Gasteiger partial charge on any atom is -0.412 e. The summed E-state index contributed by atoms with van der Waals surface area (Å²) in [4.78, 5) is 0. The molecular weight excluding hydrogens is 75.0 g/mol. The van der Waals surface area contributed by atoms with Crippen LogP contribution in [0.3, 0.4) is 0 Å². The monoisotopic (exact) mass is 84.1 g/mol. The van der Waals surface area contributed by atoms with E-state index in [9.17, 15) is 0 Å². The van der Waals surface area contributed by atoms with E-state index in [1.165, 1.54) is 6.08 Å². The topological polar surface area (TPSA) is 63.0 Å². The van der Waals surface area contributed by atoms with Crippen molar-refractivity contribution >= 4 is 0 Å². The average molecular weight is 84.0 g/mol. The van der Waals surface area contributed by atoms with E-state index in [1.54, 1.807) is 0 Å². The minimum absolute atomic E-state index is 0.